The van der Waals surface area contributed by atoms with Crippen molar-refractivity contribution < 1.29 is 47.5 Å². The van der Waals surface area contributed by atoms with Crippen LogP contribution < -0.4 is 0 Å². The summed E-state index contributed by atoms with van der Waals surface area (Å²) in [6.07, 6.45) is 11.7. The predicted octanol–water partition coefficient (Wildman–Crippen LogP) is 5.88. The Kier molecular flexibility index (Phi) is 13.9. The average Bonchev–Trinajstić information content (AvgIpc) is 3.72. The summed E-state index contributed by atoms with van der Waals surface area (Å²) in [5, 5.41) is 0. The Hall–Kier alpha value is -1.70. The van der Waals surface area contributed by atoms with E-state index in [1.54, 1.807) is 21.3 Å². The van der Waals surface area contributed by atoms with Gasteiger partial charge in [-0.15, -0.1) is 0 Å². The first-order valence-corrected chi connectivity index (χ1v) is 20.5. The van der Waals surface area contributed by atoms with Crippen LogP contribution in [0.15, 0.2) is 23.8 Å². The first-order chi connectivity index (χ1) is 25.5. The van der Waals surface area contributed by atoms with Gasteiger partial charge in [-0.3, -0.25) is 9.59 Å². The van der Waals surface area contributed by atoms with Gasteiger partial charge in [0.2, 0.25) is 0 Å². The van der Waals surface area contributed by atoms with Gasteiger partial charge in [0.25, 0.3) is 0 Å². The quantitative estimate of drug-likeness (QED) is 0.198. The number of hydrogen-bond acceptors (Lipinski definition) is 11. The number of carbonyl (C=O) groups excluding carboxylic acids is 2. The number of esters is 1. The molecule has 6 aliphatic rings. The molecule has 300 valence electrons. The van der Waals surface area contributed by atoms with Gasteiger partial charge in [-0.2, -0.15) is 0 Å². The van der Waals surface area contributed by atoms with E-state index in [2.05, 4.69) is 58.0 Å². The number of ether oxygens (including phenoxy) is 8. The minimum Gasteiger partial charge on any atom is -0.462 e. The lowest BCUT2D eigenvalue weighted by Gasteiger charge is -2.45. The second-order valence-corrected chi connectivity index (χ2v) is 16.7. The first kappa shape index (κ1) is 40.9. The summed E-state index contributed by atoms with van der Waals surface area (Å²) in [6.45, 7) is 8.27. The molecule has 17 atom stereocenters. The Labute approximate surface area is 317 Å². The van der Waals surface area contributed by atoms with Gasteiger partial charge in [0.1, 0.15) is 24.4 Å². The molecule has 0 bridgehead atoms. The minimum absolute atomic E-state index is 0.0377. The third-order valence-electron chi connectivity index (χ3n) is 13.5. The number of Topliss-reactive ketones (excluding diaryl/α,β-unsaturated/α-hetero) is 1. The van der Waals surface area contributed by atoms with Crippen molar-refractivity contribution in [1.29, 1.82) is 0 Å². The summed E-state index contributed by atoms with van der Waals surface area (Å²) in [4.78, 5) is 30.4. The van der Waals surface area contributed by atoms with Crippen molar-refractivity contribution in [3.63, 3.8) is 0 Å². The van der Waals surface area contributed by atoms with Gasteiger partial charge in [-0.05, 0) is 108 Å². The second-order valence-electron chi connectivity index (χ2n) is 16.7. The monoisotopic (exact) mass is 745 g/mol. The number of ketones is 1. The highest BCUT2D eigenvalue weighted by molar-refractivity contribution is 5.99. The molecule has 3 saturated heterocycles. The van der Waals surface area contributed by atoms with E-state index in [0.29, 0.717) is 18.4 Å². The molecule has 0 aromatic rings. The molecule has 0 aromatic heterocycles. The van der Waals surface area contributed by atoms with Crippen molar-refractivity contribution in [1.82, 2.24) is 4.90 Å². The predicted molar refractivity (Wildman–Crippen MR) is 199 cm³/mol. The molecule has 53 heavy (non-hydrogen) atoms. The molecule has 0 N–H and O–H groups in total. The zero-order valence-electron chi connectivity index (χ0n) is 33.6. The van der Waals surface area contributed by atoms with Crippen LogP contribution in [0.3, 0.4) is 0 Å². The molecule has 0 spiro atoms. The maximum absolute atomic E-state index is 14.7. The molecule has 0 aromatic carbocycles. The summed E-state index contributed by atoms with van der Waals surface area (Å²) in [6, 6.07) is 0.338. The van der Waals surface area contributed by atoms with Crippen LogP contribution in [0.2, 0.25) is 0 Å². The van der Waals surface area contributed by atoms with Gasteiger partial charge < -0.3 is 42.8 Å². The normalized spacial score (nSPS) is 45.1. The third kappa shape index (κ3) is 8.68. The van der Waals surface area contributed by atoms with Crippen molar-refractivity contribution in [3.8, 4) is 0 Å². The van der Waals surface area contributed by atoms with E-state index < -0.39 is 12.4 Å². The minimum atomic E-state index is -0.589. The van der Waals surface area contributed by atoms with Gasteiger partial charge in [0.05, 0.1) is 30.8 Å². The lowest BCUT2D eigenvalue weighted by molar-refractivity contribution is -0.317. The number of likely N-dealkylation sites (N-methyl/N-ethyl adjacent to an activating group) is 1. The van der Waals surface area contributed by atoms with Gasteiger partial charge >= 0.3 is 5.97 Å². The summed E-state index contributed by atoms with van der Waals surface area (Å²) >= 11 is 0. The molecule has 11 nitrogen and oxygen atoms in total. The van der Waals surface area contributed by atoms with E-state index in [0.717, 1.165) is 56.9 Å². The maximum atomic E-state index is 14.7. The molecular formula is C42H67NO10. The van der Waals surface area contributed by atoms with Crippen LogP contribution in [0.1, 0.15) is 91.9 Å². The fraction of sp³-hybridized carbons (Fsp3) is 0.857. The van der Waals surface area contributed by atoms with Crippen LogP contribution in [-0.4, -0.2) is 120 Å². The van der Waals surface area contributed by atoms with Gasteiger partial charge in [-0.25, -0.2) is 0 Å². The van der Waals surface area contributed by atoms with Crippen LogP contribution in [0.5, 0.6) is 0 Å². The van der Waals surface area contributed by atoms with Crippen LogP contribution >= 0.6 is 0 Å². The molecule has 14 unspecified atom stereocenters. The lowest BCUT2D eigenvalue weighted by atomic mass is 9.70. The first-order valence-electron chi connectivity index (χ1n) is 20.5. The molecule has 0 amide bonds. The summed E-state index contributed by atoms with van der Waals surface area (Å²) in [5.41, 5.74) is 0.765. The highest BCUT2D eigenvalue weighted by atomic mass is 16.7. The molecule has 0 radical (unpaired) electrons. The zero-order chi connectivity index (χ0) is 38.0. The molecule has 6 rings (SSSR count). The number of methoxy groups -OCH3 is 3. The standard InChI is InChI=1S/C42H67NO10/c1-10-26-13-12-14-35(52-37-18-17-33(43(5)6)24(4)49-37)23(3)38(45)32-21-30-28(31(32)22-36(44)50-26)16-15-25-19-27(20-29(25)30)51-42-41(48-9)40(47-8)39(46-7)34(11-2)53-42/h15-16,21,23-31,33-35,37,39-42H,10-14,17-20,22H2,1-9H3/t23?,24-,25?,26?,27?,28?,29?,30?,31?,33-,34+,35?,37?,39?,40?,41?,42?/m1/s1. The zero-order valence-corrected chi connectivity index (χ0v) is 33.6. The molecule has 3 aliphatic carbocycles. The third-order valence-corrected chi connectivity index (χ3v) is 13.5. The lowest BCUT2D eigenvalue weighted by Crippen LogP contribution is -2.60. The highest BCUT2D eigenvalue weighted by Crippen LogP contribution is 2.54. The molecule has 4 fully saturated rings. The number of carbonyl (C=O) groups is 2. The second kappa shape index (κ2) is 18.0. The number of rotatable bonds is 10. The van der Waals surface area contributed by atoms with Crippen LogP contribution in [0.25, 0.3) is 0 Å². The van der Waals surface area contributed by atoms with Gasteiger partial charge in [0.15, 0.2) is 18.4 Å². The summed E-state index contributed by atoms with van der Waals surface area (Å²) in [7, 11) is 9.20. The Morgan fingerprint density at radius 2 is 1.58 bits per heavy atom. The van der Waals surface area contributed by atoms with E-state index in [9.17, 15) is 9.59 Å². The number of fused-ring (bicyclic) bond motifs is 5. The number of allylic oxidation sites excluding steroid dienone is 4. The summed E-state index contributed by atoms with van der Waals surface area (Å²) < 4.78 is 50.0. The summed E-state index contributed by atoms with van der Waals surface area (Å²) in [5.74, 6) is 0.0198. The van der Waals surface area contributed by atoms with Crippen molar-refractivity contribution in [2.75, 3.05) is 35.4 Å². The van der Waals surface area contributed by atoms with Gasteiger partial charge in [0, 0.05) is 39.2 Å². The van der Waals surface area contributed by atoms with Crippen molar-refractivity contribution in [2.24, 2.45) is 35.5 Å². The fourth-order valence-corrected chi connectivity index (χ4v) is 10.6. The van der Waals surface area contributed by atoms with E-state index >= 15 is 0 Å². The van der Waals surface area contributed by atoms with E-state index in [1.807, 2.05) is 6.92 Å². The number of hydrogen-bond donors (Lipinski definition) is 0. The Balaban J connectivity index is 1.21. The van der Waals surface area contributed by atoms with E-state index in [-0.39, 0.29) is 96.8 Å². The van der Waals surface area contributed by atoms with E-state index in [4.69, 9.17) is 37.9 Å². The molecule has 11 heteroatoms. The Bertz CT molecular complexity index is 1300. The fourth-order valence-electron chi connectivity index (χ4n) is 10.6. The highest BCUT2D eigenvalue weighted by Gasteiger charge is 2.53. The molecule has 3 aliphatic heterocycles. The molecule has 3 heterocycles. The Morgan fingerprint density at radius 1 is 0.830 bits per heavy atom. The van der Waals surface area contributed by atoms with Crippen LogP contribution in [0.4, 0.5) is 0 Å². The average molecular weight is 746 g/mol. The van der Waals surface area contributed by atoms with Crippen molar-refractivity contribution in [2.45, 2.75) is 159 Å². The topological polar surface area (TPSA) is 111 Å². The SMILES string of the molecule is CCC1CCCC(OC2CC[C@@H](N(C)C)[C@@H](C)O2)C(C)C(=O)C2=CC3C(C=CC4CC(OC5O[C@@H](CC)C(OC)C(OC)C5OC)CC43)C2CC(=O)O1. The largest absolute Gasteiger partial charge is 0.462 e. The number of cyclic esters (lactones) is 1. The van der Waals surface area contributed by atoms with Crippen molar-refractivity contribution in [3.05, 3.63) is 23.8 Å². The van der Waals surface area contributed by atoms with Crippen molar-refractivity contribution >= 4 is 11.8 Å². The van der Waals surface area contributed by atoms with E-state index in [1.165, 1.54) is 0 Å². The van der Waals surface area contributed by atoms with Crippen LogP contribution in [-0.2, 0) is 47.5 Å². The smallest absolute Gasteiger partial charge is 0.306 e. The number of nitrogens with zero attached hydrogens (tertiary/aromatic N) is 1. The molecular weight excluding hydrogens is 678 g/mol. The van der Waals surface area contributed by atoms with Gasteiger partial charge in [-0.1, -0.05) is 39.0 Å². The van der Waals surface area contributed by atoms with Crippen LogP contribution in [0, 0.1) is 35.5 Å². The molecule has 1 saturated carbocycles. The Morgan fingerprint density at radius 3 is 2.25 bits per heavy atom. The maximum Gasteiger partial charge on any atom is 0.306 e.